The van der Waals surface area contributed by atoms with Crippen molar-refractivity contribution in [3.05, 3.63) is 0 Å². The van der Waals surface area contributed by atoms with Crippen LogP contribution in [0.5, 0.6) is 0 Å². The Labute approximate surface area is 83.9 Å². The molecular weight excluding hydrogens is 180 g/mol. The van der Waals surface area contributed by atoms with Gasteiger partial charge in [-0.3, -0.25) is 0 Å². The second kappa shape index (κ2) is 6.57. The van der Waals surface area contributed by atoms with Gasteiger partial charge in [-0.25, -0.2) is 0 Å². The third kappa shape index (κ3) is 6.24. The van der Waals surface area contributed by atoms with Gasteiger partial charge in [0.1, 0.15) is 0 Å². The lowest BCUT2D eigenvalue weighted by molar-refractivity contribution is 0.187. The number of hydrogen-bond donors (Lipinski definition) is 0. The van der Waals surface area contributed by atoms with Crippen molar-refractivity contribution in [1.82, 2.24) is 0 Å². The second-order valence-electron chi connectivity index (χ2n) is 3.93. The summed E-state index contributed by atoms with van der Waals surface area (Å²) in [7, 11) is -1.81. The summed E-state index contributed by atoms with van der Waals surface area (Å²) < 4.78 is 11.5. The van der Waals surface area contributed by atoms with Crippen LogP contribution < -0.4 is 0 Å². The van der Waals surface area contributed by atoms with Crippen LogP contribution in [0.4, 0.5) is 0 Å². The maximum Gasteiger partial charge on any atom is 0.334 e. The molecule has 0 aromatic heterocycles. The van der Waals surface area contributed by atoms with Crippen LogP contribution >= 0.6 is 0 Å². The lowest BCUT2D eigenvalue weighted by Gasteiger charge is -2.26. The Hall–Kier alpha value is 0.137. The summed E-state index contributed by atoms with van der Waals surface area (Å²) in [5.41, 5.74) is 0. The smallest absolute Gasteiger partial charge is 0.334 e. The summed E-state index contributed by atoms with van der Waals surface area (Å²) in [5, 5.41) is 0. The molecular formula is C10H24O2Si. The van der Waals surface area contributed by atoms with E-state index in [1.807, 2.05) is 13.8 Å². The van der Waals surface area contributed by atoms with Crippen LogP contribution in [0.2, 0.25) is 12.6 Å². The highest BCUT2D eigenvalue weighted by Crippen LogP contribution is 2.19. The van der Waals surface area contributed by atoms with Crippen LogP contribution in [0.15, 0.2) is 0 Å². The van der Waals surface area contributed by atoms with E-state index >= 15 is 0 Å². The second-order valence-corrected chi connectivity index (χ2v) is 7.28. The van der Waals surface area contributed by atoms with Gasteiger partial charge >= 0.3 is 8.56 Å². The van der Waals surface area contributed by atoms with E-state index in [9.17, 15) is 0 Å². The van der Waals surface area contributed by atoms with Crippen molar-refractivity contribution in [2.24, 2.45) is 5.92 Å². The van der Waals surface area contributed by atoms with E-state index in [0.717, 1.165) is 25.2 Å². The Balaban J connectivity index is 3.91. The molecule has 13 heavy (non-hydrogen) atoms. The first-order valence-electron chi connectivity index (χ1n) is 5.32. The molecule has 80 valence electrons. The highest BCUT2D eigenvalue weighted by molar-refractivity contribution is 6.66. The molecule has 0 aromatic rings. The molecule has 0 fully saturated rings. The van der Waals surface area contributed by atoms with Crippen molar-refractivity contribution in [1.29, 1.82) is 0 Å². The lowest BCUT2D eigenvalue weighted by Crippen LogP contribution is -2.38. The molecule has 0 aromatic carbocycles. The monoisotopic (exact) mass is 204 g/mol. The number of hydrogen-bond acceptors (Lipinski definition) is 2. The predicted octanol–water partition coefficient (Wildman–Crippen LogP) is 3.18. The van der Waals surface area contributed by atoms with E-state index in [1.165, 1.54) is 6.42 Å². The van der Waals surface area contributed by atoms with Gasteiger partial charge in [0.05, 0.1) is 0 Å². The van der Waals surface area contributed by atoms with Gasteiger partial charge < -0.3 is 8.85 Å². The first-order valence-corrected chi connectivity index (χ1v) is 7.84. The molecule has 0 aliphatic heterocycles. The lowest BCUT2D eigenvalue weighted by atomic mass is 10.2. The molecule has 0 rings (SSSR count). The van der Waals surface area contributed by atoms with Gasteiger partial charge in [-0.15, -0.1) is 0 Å². The zero-order valence-corrected chi connectivity index (χ0v) is 10.7. The summed E-state index contributed by atoms with van der Waals surface area (Å²) in [6.45, 7) is 12.3. The SMILES string of the molecule is CCO[Si](C)(CCC(C)C)OCC. The third-order valence-corrected chi connectivity index (χ3v) is 5.07. The Morgan fingerprint density at radius 1 is 1.08 bits per heavy atom. The summed E-state index contributed by atoms with van der Waals surface area (Å²) in [5.74, 6) is 0.743. The molecule has 0 saturated heterocycles. The molecule has 0 aliphatic carbocycles. The minimum Gasteiger partial charge on any atom is -0.395 e. The molecule has 0 aliphatic rings. The fourth-order valence-corrected chi connectivity index (χ4v) is 4.04. The summed E-state index contributed by atoms with van der Waals surface area (Å²) in [6, 6.07) is 1.12. The first-order chi connectivity index (χ1) is 6.04. The fourth-order valence-electron chi connectivity index (χ4n) is 1.35. The molecule has 0 spiro atoms. The Bertz CT molecular complexity index is 120. The van der Waals surface area contributed by atoms with Crippen LogP contribution in [0.25, 0.3) is 0 Å². The summed E-state index contributed by atoms with van der Waals surface area (Å²) >= 11 is 0. The van der Waals surface area contributed by atoms with Gasteiger partial charge in [0.15, 0.2) is 0 Å². The fraction of sp³-hybridized carbons (Fsp3) is 1.00. The Morgan fingerprint density at radius 2 is 1.54 bits per heavy atom. The quantitative estimate of drug-likeness (QED) is 0.593. The topological polar surface area (TPSA) is 18.5 Å². The van der Waals surface area contributed by atoms with Gasteiger partial charge in [-0.05, 0) is 38.8 Å². The van der Waals surface area contributed by atoms with Crippen LogP contribution in [-0.4, -0.2) is 21.8 Å². The summed E-state index contributed by atoms with van der Waals surface area (Å²) in [4.78, 5) is 0. The van der Waals surface area contributed by atoms with Crippen LogP contribution in [-0.2, 0) is 8.85 Å². The third-order valence-electron chi connectivity index (χ3n) is 2.08. The van der Waals surface area contributed by atoms with Crippen LogP contribution in [0, 0.1) is 5.92 Å². The Kier molecular flexibility index (Phi) is 6.64. The minimum absolute atomic E-state index is 0.743. The van der Waals surface area contributed by atoms with Crippen LogP contribution in [0.3, 0.4) is 0 Å². The van der Waals surface area contributed by atoms with Crippen LogP contribution in [0.1, 0.15) is 34.1 Å². The van der Waals surface area contributed by atoms with Crippen molar-refractivity contribution in [2.75, 3.05) is 13.2 Å². The molecule has 3 heteroatoms. The highest BCUT2D eigenvalue weighted by Gasteiger charge is 2.30. The molecule has 0 bridgehead atoms. The van der Waals surface area contributed by atoms with E-state index in [0.29, 0.717) is 0 Å². The first kappa shape index (κ1) is 13.1. The van der Waals surface area contributed by atoms with Gasteiger partial charge in [0, 0.05) is 13.2 Å². The van der Waals surface area contributed by atoms with E-state index in [2.05, 4.69) is 20.4 Å². The molecule has 2 nitrogen and oxygen atoms in total. The van der Waals surface area contributed by atoms with Crippen molar-refractivity contribution in [3.63, 3.8) is 0 Å². The molecule has 0 atom stereocenters. The molecule has 0 heterocycles. The van der Waals surface area contributed by atoms with E-state index in [1.54, 1.807) is 0 Å². The van der Waals surface area contributed by atoms with Gasteiger partial charge in [-0.1, -0.05) is 13.8 Å². The molecule has 0 unspecified atom stereocenters. The molecule has 0 amide bonds. The highest BCUT2D eigenvalue weighted by atomic mass is 28.4. The maximum absolute atomic E-state index is 5.74. The largest absolute Gasteiger partial charge is 0.395 e. The average molecular weight is 204 g/mol. The van der Waals surface area contributed by atoms with Crippen molar-refractivity contribution in [3.8, 4) is 0 Å². The van der Waals surface area contributed by atoms with Crippen molar-refractivity contribution in [2.45, 2.75) is 46.7 Å². The minimum atomic E-state index is -1.81. The van der Waals surface area contributed by atoms with Crippen molar-refractivity contribution >= 4 is 8.56 Å². The molecule has 0 radical (unpaired) electrons. The average Bonchev–Trinajstić information content (AvgIpc) is 2.02. The summed E-state index contributed by atoms with van der Waals surface area (Å²) in [6.07, 6.45) is 1.21. The molecule has 0 N–H and O–H groups in total. The standard InChI is InChI=1S/C10H24O2Si/c1-6-11-13(5,12-7-2)9-8-10(3)4/h10H,6-9H2,1-5H3. The van der Waals surface area contributed by atoms with E-state index < -0.39 is 8.56 Å². The van der Waals surface area contributed by atoms with Gasteiger partial charge in [0.25, 0.3) is 0 Å². The Morgan fingerprint density at radius 3 is 1.85 bits per heavy atom. The predicted molar refractivity (Wildman–Crippen MR) is 59.1 cm³/mol. The van der Waals surface area contributed by atoms with Gasteiger partial charge in [0.2, 0.25) is 0 Å². The normalized spacial score (nSPS) is 12.5. The van der Waals surface area contributed by atoms with E-state index in [-0.39, 0.29) is 0 Å². The number of rotatable bonds is 7. The molecule has 0 saturated carbocycles. The van der Waals surface area contributed by atoms with E-state index in [4.69, 9.17) is 8.85 Å². The van der Waals surface area contributed by atoms with Gasteiger partial charge in [-0.2, -0.15) is 0 Å². The van der Waals surface area contributed by atoms with Crippen molar-refractivity contribution < 1.29 is 8.85 Å². The maximum atomic E-state index is 5.74. The zero-order chi connectivity index (χ0) is 10.3. The zero-order valence-electron chi connectivity index (χ0n) is 9.72.